The molecule has 2 aliphatic heterocycles. The Hall–Kier alpha value is -1.60. The van der Waals surface area contributed by atoms with Crippen LogP contribution < -0.4 is 4.90 Å². The maximum Gasteiger partial charge on any atom is 0.132 e. The molecular formula is C20H28N6S. The summed E-state index contributed by atoms with van der Waals surface area (Å²) in [6.45, 7) is 12.1. The van der Waals surface area contributed by atoms with Gasteiger partial charge in [0.15, 0.2) is 0 Å². The Morgan fingerprint density at radius 2 is 1.78 bits per heavy atom. The molecule has 2 unspecified atom stereocenters. The van der Waals surface area contributed by atoms with E-state index in [1.807, 2.05) is 11.3 Å². The first-order valence-corrected chi connectivity index (χ1v) is 10.9. The van der Waals surface area contributed by atoms with Gasteiger partial charge in [-0.3, -0.25) is 4.90 Å². The van der Waals surface area contributed by atoms with Gasteiger partial charge in [-0.1, -0.05) is 32.1 Å². The fourth-order valence-corrected chi connectivity index (χ4v) is 5.41. The van der Waals surface area contributed by atoms with Crippen LogP contribution >= 0.6 is 11.3 Å². The predicted molar refractivity (Wildman–Crippen MR) is 107 cm³/mol. The Morgan fingerprint density at radius 1 is 1.04 bits per heavy atom. The SMILES string of the molecule is CC(C)(C)c1cc(N2CC3CN(Cc4nnc(C5CC5)s4)CC3C2)ncn1. The van der Waals surface area contributed by atoms with Gasteiger partial charge in [0.1, 0.15) is 22.2 Å². The number of anilines is 1. The smallest absolute Gasteiger partial charge is 0.132 e. The summed E-state index contributed by atoms with van der Waals surface area (Å²) in [6.07, 6.45) is 4.33. The number of likely N-dealkylation sites (tertiary alicyclic amines) is 1. The van der Waals surface area contributed by atoms with Gasteiger partial charge in [-0.25, -0.2) is 9.97 Å². The Bertz CT molecular complexity index is 810. The van der Waals surface area contributed by atoms with Crippen LogP contribution in [-0.4, -0.2) is 51.2 Å². The Kier molecular flexibility index (Phi) is 4.20. The minimum atomic E-state index is 0.0607. The lowest BCUT2D eigenvalue weighted by atomic mass is 9.92. The van der Waals surface area contributed by atoms with Gasteiger partial charge in [-0.2, -0.15) is 0 Å². The summed E-state index contributed by atoms with van der Waals surface area (Å²) in [5.41, 5.74) is 1.18. The maximum absolute atomic E-state index is 4.56. The van der Waals surface area contributed by atoms with Crippen LogP contribution in [0.1, 0.15) is 55.2 Å². The predicted octanol–water partition coefficient (Wildman–Crippen LogP) is 3.07. The monoisotopic (exact) mass is 384 g/mol. The van der Waals surface area contributed by atoms with Gasteiger partial charge in [0.2, 0.25) is 0 Å². The fraction of sp³-hybridized carbons (Fsp3) is 0.700. The molecule has 0 aromatic carbocycles. The van der Waals surface area contributed by atoms with Crippen molar-refractivity contribution in [3.63, 3.8) is 0 Å². The molecule has 7 heteroatoms. The number of aromatic nitrogens is 4. The van der Waals surface area contributed by atoms with E-state index in [-0.39, 0.29) is 5.41 Å². The standard InChI is InChI=1S/C20H28N6S/c1-20(2,3)16-6-17(22-12-21-16)26-9-14-7-25(8-15(14)10-26)11-18-23-24-19(27-18)13-4-5-13/h6,12-15H,4-5,7-11H2,1-3H3. The highest BCUT2D eigenvalue weighted by Crippen LogP contribution is 2.41. The zero-order chi connectivity index (χ0) is 18.6. The van der Waals surface area contributed by atoms with E-state index in [0.29, 0.717) is 5.92 Å². The Balaban J connectivity index is 1.20. The van der Waals surface area contributed by atoms with Gasteiger partial charge in [0.25, 0.3) is 0 Å². The molecule has 6 nitrogen and oxygen atoms in total. The number of hydrogen-bond donors (Lipinski definition) is 0. The van der Waals surface area contributed by atoms with Gasteiger partial charge < -0.3 is 4.90 Å². The van der Waals surface area contributed by atoms with E-state index < -0.39 is 0 Å². The molecule has 144 valence electrons. The van der Waals surface area contributed by atoms with Crippen molar-refractivity contribution in [3.8, 4) is 0 Å². The lowest BCUT2D eigenvalue weighted by Crippen LogP contribution is -2.29. The summed E-state index contributed by atoms with van der Waals surface area (Å²) in [5.74, 6) is 3.27. The molecule has 5 rings (SSSR count). The van der Waals surface area contributed by atoms with Crippen molar-refractivity contribution in [1.82, 2.24) is 25.1 Å². The van der Waals surface area contributed by atoms with Crippen LogP contribution in [0.2, 0.25) is 0 Å². The minimum Gasteiger partial charge on any atom is -0.356 e. The van der Waals surface area contributed by atoms with Crippen molar-refractivity contribution < 1.29 is 0 Å². The second-order valence-corrected chi connectivity index (χ2v) is 10.5. The van der Waals surface area contributed by atoms with E-state index in [1.165, 1.54) is 22.9 Å². The highest BCUT2D eigenvalue weighted by molar-refractivity contribution is 7.11. The summed E-state index contributed by atoms with van der Waals surface area (Å²) in [6, 6.07) is 2.18. The average molecular weight is 385 g/mol. The van der Waals surface area contributed by atoms with E-state index >= 15 is 0 Å². The highest BCUT2D eigenvalue weighted by Gasteiger charge is 2.41. The largest absolute Gasteiger partial charge is 0.356 e. The van der Waals surface area contributed by atoms with Crippen molar-refractivity contribution in [1.29, 1.82) is 0 Å². The molecule has 4 heterocycles. The van der Waals surface area contributed by atoms with Crippen LogP contribution in [0.4, 0.5) is 5.82 Å². The van der Waals surface area contributed by atoms with E-state index in [0.717, 1.165) is 56.1 Å². The molecule has 0 bridgehead atoms. The van der Waals surface area contributed by atoms with Crippen molar-refractivity contribution in [3.05, 3.63) is 28.1 Å². The molecule has 3 aliphatic rings. The van der Waals surface area contributed by atoms with Gasteiger partial charge in [0.05, 0.1) is 12.2 Å². The molecule has 0 N–H and O–H groups in total. The van der Waals surface area contributed by atoms with Crippen LogP contribution in [0.5, 0.6) is 0 Å². The summed E-state index contributed by atoms with van der Waals surface area (Å²) >= 11 is 1.83. The second kappa shape index (κ2) is 6.48. The first-order valence-electron chi connectivity index (χ1n) is 10.1. The fourth-order valence-electron chi connectivity index (χ4n) is 4.35. The summed E-state index contributed by atoms with van der Waals surface area (Å²) in [5, 5.41) is 11.3. The lowest BCUT2D eigenvalue weighted by molar-refractivity contribution is 0.307. The maximum atomic E-state index is 4.56. The zero-order valence-corrected chi connectivity index (χ0v) is 17.2. The molecular weight excluding hydrogens is 356 g/mol. The minimum absolute atomic E-state index is 0.0607. The molecule has 0 amide bonds. The normalized spacial score (nSPS) is 26.0. The Labute approximate surface area is 165 Å². The summed E-state index contributed by atoms with van der Waals surface area (Å²) in [4.78, 5) is 14.1. The van der Waals surface area contributed by atoms with E-state index in [2.05, 4.69) is 56.8 Å². The topological polar surface area (TPSA) is 58.0 Å². The zero-order valence-electron chi connectivity index (χ0n) is 16.4. The highest BCUT2D eigenvalue weighted by atomic mass is 32.1. The van der Waals surface area contributed by atoms with Crippen LogP contribution in [-0.2, 0) is 12.0 Å². The van der Waals surface area contributed by atoms with Crippen molar-refractivity contribution >= 4 is 17.2 Å². The molecule has 1 aliphatic carbocycles. The van der Waals surface area contributed by atoms with Crippen molar-refractivity contribution in [2.24, 2.45) is 11.8 Å². The first-order chi connectivity index (χ1) is 13.0. The molecule has 3 fully saturated rings. The van der Waals surface area contributed by atoms with Crippen LogP contribution in [0.3, 0.4) is 0 Å². The third-order valence-electron chi connectivity index (χ3n) is 6.07. The molecule has 1 saturated carbocycles. The van der Waals surface area contributed by atoms with Crippen LogP contribution in [0, 0.1) is 11.8 Å². The van der Waals surface area contributed by atoms with E-state index in [9.17, 15) is 0 Å². The molecule has 2 saturated heterocycles. The molecule has 2 aromatic heterocycles. The molecule has 2 aromatic rings. The van der Waals surface area contributed by atoms with Crippen molar-refractivity contribution in [2.45, 2.75) is 51.5 Å². The molecule has 0 spiro atoms. The van der Waals surface area contributed by atoms with Gasteiger partial charge in [-0.05, 0) is 24.7 Å². The second-order valence-electron chi connectivity index (χ2n) is 9.44. The van der Waals surface area contributed by atoms with Gasteiger partial charge in [-0.15, -0.1) is 10.2 Å². The molecule has 2 atom stereocenters. The summed E-state index contributed by atoms with van der Waals surface area (Å²) < 4.78 is 0. The van der Waals surface area contributed by atoms with Crippen LogP contribution in [0.15, 0.2) is 12.4 Å². The number of rotatable bonds is 4. The first kappa shape index (κ1) is 17.5. The van der Waals surface area contributed by atoms with Gasteiger partial charge in [0, 0.05) is 43.6 Å². The quantitative estimate of drug-likeness (QED) is 0.807. The van der Waals surface area contributed by atoms with Crippen molar-refractivity contribution in [2.75, 3.05) is 31.1 Å². The number of hydrogen-bond acceptors (Lipinski definition) is 7. The number of fused-ring (bicyclic) bond motifs is 1. The van der Waals surface area contributed by atoms with Gasteiger partial charge >= 0.3 is 0 Å². The number of nitrogens with zero attached hydrogens (tertiary/aromatic N) is 6. The molecule has 27 heavy (non-hydrogen) atoms. The third-order valence-corrected chi connectivity index (χ3v) is 7.15. The lowest BCUT2D eigenvalue weighted by Gasteiger charge is -2.24. The average Bonchev–Trinajstić information content (AvgIpc) is 3.06. The molecule has 0 radical (unpaired) electrons. The van der Waals surface area contributed by atoms with E-state index in [1.54, 1.807) is 6.33 Å². The van der Waals surface area contributed by atoms with E-state index in [4.69, 9.17) is 0 Å². The summed E-state index contributed by atoms with van der Waals surface area (Å²) in [7, 11) is 0. The third kappa shape index (κ3) is 3.59. The van der Waals surface area contributed by atoms with Crippen LogP contribution in [0.25, 0.3) is 0 Å². The Morgan fingerprint density at radius 3 is 2.44 bits per heavy atom.